The maximum Gasteiger partial charge on any atom is 0.472 e. The molecular weight excluding hydrogens is 1320 g/mol. The Kier molecular flexibility index (Phi) is 72.2. The molecule has 0 aromatic carbocycles. The van der Waals surface area contributed by atoms with Gasteiger partial charge in [0.15, 0.2) is 12.2 Å². The normalized spacial score (nSPS) is 14.4. The zero-order valence-electron chi connectivity index (χ0n) is 66.2. The van der Waals surface area contributed by atoms with Crippen LogP contribution in [0.15, 0.2) is 0 Å². The van der Waals surface area contributed by atoms with Gasteiger partial charge in [0, 0.05) is 25.7 Å². The second kappa shape index (κ2) is 73.6. The lowest BCUT2D eigenvalue weighted by molar-refractivity contribution is -0.161. The van der Waals surface area contributed by atoms with Crippen LogP contribution in [-0.4, -0.2) is 96.7 Å². The molecule has 0 saturated carbocycles. The topological polar surface area (TPSA) is 237 Å². The van der Waals surface area contributed by atoms with Gasteiger partial charge in [0.2, 0.25) is 0 Å². The van der Waals surface area contributed by atoms with Crippen LogP contribution in [0.2, 0.25) is 0 Å². The van der Waals surface area contributed by atoms with Crippen molar-refractivity contribution in [2.75, 3.05) is 39.6 Å². The Bertz CT molecular complexity index is 1950. The molecule has 0 aliphatic heterocycles. The average Bonchev–Trinajstić information content (AvgIpc) is 0.996. The number of phosphoric ester groups is 2. The summed E-state index contributed by atoms with van der Waals surface area (Å²) in [5.41, 5.74) is 0. The van der Waals surface area contributed by atoms with Crippen molar-refractivity contribution in [3.8, 4) is 0 Å². The molecule has 0 fully saturated rings. The van der Waals surface area contributed by atoms with Crippen LogP contribution in [0.5, 0.6) is 0 Å². The van der Waals surface area contributed by atoms with Crippen molar-refractivity contribution in [2.45, 2.75) is 452 Å². The van der Waals surface area contributed by atoms with E-state index in [1.165, 1.54) is 244 Å². The molecule has 0 heterocycles. The molecule has 0 amide bonds. The van der Waals surface area contributed by atoms with Crippen LogP contribution in [0.4, 0.5) is 0 Å². The number of aliphatic hydroxyl groups excluding tert-OH is 1. The highest BCUT2D eigenvalue weighted by molar-refractivity contribution is 7.47. The summed E-state index contributed by atoms with van der Waals surface area (Å²) in [6.45, 7) is 9.70. The van der Waals surface area contributed by atoms with Crippen molar-refractivity contribution in [1.29, 1.82) is 0 Å². The van der Waals surface area contributed by atoms with Crippen LogP contribution in [0.25, 0.3) is 0 Å². The van der Waals surface area contributed by atoms with Crippen molar-refractivity contribution < 1.29 is 80.2 Å². The zero-order chi connectivity index (χ0) is 74.2. The van der Waals surface area contributed by atoms with Crippen molar-refractivity contribution in [3.63, 3.8) is 0 Å². The fourth-order valence-corrected chi connectivity index (χ4v) is 14.2. The lowest BCUT2D eigenvalue weighted by Gasteiger charge is -2.21. The van der Waals surface area contributed by atoms with Gasteiger partial charge in [0.05, 0.1) is 26.4 Å². The summed E-state index contributed by atoms with van der Waals surface area (Å²) in [6, 6.07) is 0. The van der Waals surface area contributed by atoms with Gasteiger partial charge in [-0.25, -0.2) is 9.13 Å². The SMILES string of the molecule is CCCCCCCCCCCCCCCCCCCC(=O)OC[C@H](COP(=O)(O)OC[C@@H](O)COP(=O)(O)OC[C@@H](COC(=O)CCCCCCCCCC)OC(=O)CCCCCCCCCCCCC(C)CC)OC(=O)CCCCCCCCCCCCCCCCCCCCC(C)CC. The molecule has 0 rings (SSSR count). The number of unbranched alkanes of at least 4 members (excludes halogenated alkanes) is 49. The Morgan fingerprint density at radius 3 is 0.703 bits per heavy atom. The quantitative estimate of drug-likeness (QED) is 0.0222. The van der Waals surface area contributed by atoms with Crippen molar-refractivity contribution in [3.05, 3.63) is 0 Å². The van der Waals surface area contributed by atoms with E-state index < -0.39 is 97.5 Å². The minimum absolute atomic E-state index is 0.106. The van der Waals surface area contributed by atoms with Gasteiger partial charge >= 0.3 is 39.5 Å². The van der Waals surface area contributed by atoms with Gasteiger partial charge in [-0.2, -0.15) is 0 Å². The Morgan fingerprint density at radius 2 is 0.475 bits per heavy atom. The van der Waals surface area contributed by atoms with Gasteiger partial charge in [-0.05, 0) is 37.5 Å². The Balaban J connectivity index is 5.19. The van der Waals surface area contributed by atoms with E-state index in [-0.39, 0.29) is 25.7 Å². The van der Waals surface area contributed by atoms with Gasteiger partial charge in [-0.15, -0.1) is 0 Å². The maximum absolute atomic E-state index is 13.1. The molecule has 600 valence electrons. The first-order chi connectivity index (χ1) is 48.9. The van der Waals surface area contributed by atoms with E-state index in [9.17, 15) is 43.2 Å². The first-order valence-corrected chi connectivity index (χ1v) is 45.6. The maximum atomic E-state index is 13.1. The van der Waals surface area contributed by atoms with Crippen LogP contribution in [-0.2, 0) is 65.4 Å². The number of phosphoric acid groups is 2. The molecule has 101 heavy (non-hydrogen) atoms. The highest BCUT2D eigenvalue weighted by Crippen LogP contribution is 2.45. The second-order valence-electron chi connectivity index (χ2n) is 30.0. The lowest BCUT2D eigenvalue weighted by atomic mass is 9.99. The molecule has 0 aromatic rings. The molecule has 0 spiro atoms. The standard InChI is InChI=1S/C82H160O17P2/c1-7-11-13-15-17-19-20-21-22-25-29-32-35-41-47-53-59-65-80(85)93-71-78(99-81(86)66-60-54-48-42-36-33-30-27-24-23-26-28-31-34-39-44-50-56-62-74(5)9-3)73-97-101(90,91)95-69-76(83)68-94-100(88,89)96-72-77(70-92-79(84)64-58-52-46-18-16-14-12-8-2)98-82(87)67-61-55-49-43-38-37-40-45-51-57-63-75(6)10-4/h74-78,83H,7-73H2,1-6H3,(H,88,89)(H,90,91)/t74?,75?,76-,77+,78+/m0/s1. The molecule has 0 aliphatic carbocycles. The van der Waals surface area contributed by atoms with E-state index >= 15 is 0 Å². The van der Waals surface area contributed by atoms with Gasteiger partial charge < -0.3 is 33.8 Å². The first-order valence-electron chi connectivity index (χ1n) is 42.6. The van der Waals surface area contributed by atoms with E-state index in [1.807, 2.05) is 0 Å². The van der Waals surface area contributed by atoms with Crippen molar-refractivity contribution >= 4 is 39.5 Å². The van der Waals surface area contributed by atoms with E-state index in [4.69, 9.17) is 37.0 Å². The molecule has 17 nitrogen and oxygen atoms in total. The van der Waals surface area contributed by atoms with Gasteiger partial charge in [-0.3, -0.25) is 37.3 Å². The molecule has 0 bridgehead atoms. The highest BCUT2D eigenvalue weighted by Gasteiger charge is 2.30. The molecular formula is C82H160O17P2. The monoisotopic (exact) mass is 1480 g/mol. The predicted octanol–water partition coefficient (Wildman–Crippen LogP) is 24.7. The summed E-state index contributed by atoms with van der Waals surface area (Å²) < 4.78 is 68.7. The lowest BCUT2D eigenvalue weighted by Crippen LogP contribution is -2.30. The molecule has 0 saturated heterocycles. The first kappa shape index (κ1) is 99.1. The fraction of sp³-hybridized carbons (Fsp3) is 0.951. The highest BCUT2D eigenvalue weighted by atomic mass is 31.2. The summed E-state index contributed by atoms with van der Waals surface area (Å²) in [7, 11) is -9.92. The number of carbonyl (C=O) groups is 4. The van der Waals surface area contributed by atoms with Crippen molar-refractivity contribution in [2.24, 2.45) is 11.8 Å². The number of hydrogen-bond donors (Lipinski definition) is 3. The van der Waals surface area contributed by atoms with E-state index in [0.717, 1.165) is 108 Å². The number of aliphatic hydroxyl groups is 1. The molecule has 0 aromatic heterocycles. The van der Waals surface area contributed by atoms with Crippen LogP contribution < -0.4 is 0 Å². The molecule has 0 radical (unpaired) electrons. The molecule has 4 unspecified atom stereocenters. The predicted molar refractivity (Wildman–Crippen MR) is 414 cm³/mol. The van der Waals surface area contributed by atoms with Crippen molar-refractivity contribution in [1.82, 2.24) is 0 Å². The number of carbonyl (C=O) groups excluding carboxylic acids is 4. The number of ether oxygens (including phenoxy) is 4. The van der Waals surface area contributed by atoms with Crippen LogP contribution in [0.1, 0.15) is 433 Å². The Morgan fingerprint density at radius 1 is 0.277 bits per heavy atom. The van der Waals surface area contributed by atoms with E-state index in [1.54, 1.807) is 0 Å². The van der Waals surface area contributed by atoms with Crippen LogP contribution in [0, 0.1) is 11.8 Å². The number of esters is 4. The largest absolute Gasteiger partial charge is 0.472 e. The molecule has 0 aliphatic rings. The Hall–Kier alpha value is -1.94. The van der Waals surface area contributed by atoms with Gasteiger partial charge in [0.1, 0.15) is 19.3 Å². The fourth-order valence-electron chi connectivity index (χ4n) is 12.6. The molecule has 7 atom stereocenters. The summed E-state index contributed by atoms with van der Waals surface area (Å²) in [6.07, 6.45) is 63.8. The third kappa shape index (κ3) is 73.4. The van der Waals surface area contributed by atoms with Gasteiger partial charge in [0.25, 0.3) is 0 Å². The third-order valence-electron chi connectivity index (χ3n) is 19.9. The molecule has 19 heteroatoms. The van der Waals surface area contributed by atoms with E-state index in [0.29, 0.717) is 25.7 Å². The number of rotatable bonds is 81. The smallest absolute Gasteiger partial charge is 0.462 e. The van der Waals surface area contributed by atoms with Crippen LogP contribution in [0.3, 0.4) is 0 Å². The molecule has 3 N–H and O–H groups in total. The number of hydrogen-bond acceptors (Lipinski definition) is 15. The minimum Gasteiger partial charge on any atom is -0.462 e. The Labute approximate surface area is 619 Å². The van der Waals surface area contributed by atoms with E-state index in [2.05, 4.69) is 41.5 Å². The van der Waals surface area contributed by atoms with Gasteiger partial charge in [-0.1, -0.05) is 382 Å². The minimum atomic E-state index is -4.96. The zero-order valence-corrected chi connectivity index (χ0v) is 68.0. The summed E-state index contributed by atoms with van der Waals surface area (Å²) in [5.74, 6) is -0.436. The third-order valence-corrected chi connectivity index (χ3v) is 21.8. The summed E-state index contributed by atoms with van der Waals surface area (Å²) in [5, 5.41) is 10.6. The second-order valence-corrected chi connectivity index (χ2v) is 32.9. The summed E-state index contributed by atoms with van der Waals surface area (Å²) in [4.78, 5) is 73.0. The summed E-state index contributed by atoms with van der Waals surface area (Å²) >= 11 is 0. The average molecular weight is 1480 g/mol. The van der Waals surface area contributed by atoms with Crippen LogP contribution >= 0.6 is 15.6 Å².